The number of carboxylic acid groups (broad SMARTS) is 1. The van der Waals surface area contributed by atoms with Gasteiger partial charge in [0.2, 0.25) is 82.7 Å². The summed E-state index contributed by atoms with van der Waals surface area (Å²) in [4.78, 5) is 230. The molecule has 2 heterocycles. The van der Waals surface area contributed by atoms with E-state index in [0.717, 1.165) is 9.80 Å². The number of likely N-dealkylation sites (N-methyl/N-ethyl adjacent to an activating group) is 2. The van der Waals surface area contributed by atoms with E-state index in [1.165, 1.54) is 14.1 Å². The number of carbonyl (C=O) groups excluding carboxylic acids is 15. The van der Waals surface area contributed by atoms with Gasteiger partial charge >= 0.3 is 11.9 Å². The third kappa shape index (κ3) is 29.9. The Morgan fingerprint density at radius 3 is 1.66 bits per heavy atom. The first-order chi connectivity index (χ1) is 52.4. The van der Waals surface area contributed by atoms with Gasteiger partial charge in [-0.15, -0.1) is 0 Å². The molecule has 0 saturated carbocycles. The van der Waals surface area contributed by atoms with Gasteiger partial charge in [0.25, 0.3) is 0 Å². The summed E-state index contributed by atoms with van der Waals surface area (Å²) in [6.45, 7) is 6.91. The number of hydrogen-bond acceptors (Lipinski definition) is 22. The largest absolute Gasteiger partial charge is 0.481 e. The molecule has 1 fully saturated rings. The molecule has 0 spiro atoms. The van der Waals surface area contributed by atoms with Gasteiger partial charge in [-0.25, -0.2) is 4.79 Å². The topological polar surface area (TPSA) is 610 Å². The van der Waals surface area contributed by atoms with Crippen LogP contribution in [0.25, 0.3) is 10.9 Å². The number of amides is 14. The van der Waals surface area contributed by atoms with Crippen molar-refractivity contribution in [1.29, 1.82) is 0 Å². The first kappa shape index (κ1) is 92.7. The molecule has 1 aromatic heterocycles. The fraction of sp³-hybridized carbons (Fsp3) is 0.589. The SMILES string of the molecule is CC(C)CCCC1CC(=O)NC(CO)C(=O)NC(C(O)C(N)=O)C(=O)NC(CO)C(=O)NCC(=O)N(C)C(Cc2ccccc2)C(=O)NC(CC(C)C)C(=O)NC(CCCN)C(=O)NC(CCC(=O)O)C(=O)NC(CC(N)=O)C(=O)NC(Cc2c[nH]c3ccccc23)C(=O)NC(CCCN)C(=O)N(C)C(C(C)C)C(=O)O1. The molecule has 38 heteroatoms. The summed E-state index contributed by atoms with van der Waals surface area (Å²) in [5.41, 5.74) is 24.4. The maximum absolute atomic E-state index is 15.1. The van der Waals surface area contributed by atoms with E-state index >= 15 is 4.79 Å². The molecular formula is C73H111N17O21. The van der Waals surface area contributed by atoms with Gasteiger partial charge in [0.1, 0.15) is 72.6 Å². The van der Waals surface area contributed by atoms with E-state index in [4.69, 9.17) is 27.7 Å². The number of aliphatic hydroxyl groups excluding tert-OH is 3. The number of fused-ring (bicyclic) bond motifs is 1. The number of nitrogens with zero attached hydrogens (tertiary/aromatic N) is 2. The molecule has 0 aliphatic carbocycles. The lowest BCUT2D eigenvalue weighted by Gasteiger charge is -2.34. The van der Waals surface area contributed by atoms with Crippen molar-refractivity contribution in [2.24, 2.45) is 40.7 Å². The maximum atomic E-state index is 15.1. The second-order valence-electron chi connectivity index (χ2n) is 28.6. The van der Waals surface area contributed by atoms with Gasteiger partial charge in [0.05, 0.1) is 32.6 Å². The molecule has 1 aliphatic rings. The number of primary amides is 2. The molecule has 13 atom stereocenters. The van der Waals surface area contributed by atoms with Gasteiger partial charge in [-0.1, -0.05) is 96.5 Å². The summed E-state index contributed by atoms with van der Waals surface area (Å²) in [5.74, 6) is -19.9. The van der Waals surface area contributed by atoms with Crippen molar-refractivity contribution in [3.63, 3.8) is 0 Å². The zero-order valence-electron chi connectivity index (χ0n) is 63.9. The second-order valence-corrected chi connectivity index (χ2v) is 28.6. The summed E-state index contributed by atoms with van der Waals surface area (Å²) in [7, 11) is 2.44. The molecule has 23 N–H and O–H groups in total. The smallest absolute Gasteiger partial charge is 0.329 e. The van der Waals surface area contributed by atoms with Gasteiger partial charge < -0.3 is 116 Å². The van der Waals surface area contributed by atoms with Crippen LogP contribution in [0.15, 0.2) is 60.8 Å². The molecule has 0 bridgehead atoms. The molecule has 1 saturated heterocycles. The Hall–Kier alpha value is -10.7. The van der Waals surface area contributed by atoms with Crippen molar-refractivity contribution in [3.8, 4) is 0 Å². The van der Waals surface area contributed by atoms with Crippen LogP contribution in [0.5, 0.6) is 0 Å². The average molecular weight is 1560 g/mol. The van der Waals surface area contributed by atoms with E-state index in [-0.39, 0.29) is 76.3 Å². The molecule has 4 rings (SSSR count). The standard InChI is InChI=1S/C73H111N17O21/c1-38(2)17-14-20-43-32-56(94)80-53(37-92)69(106)88-59(61(98)62(77)99)71(108)87-52(36-91)63(100)79-35-57(95)89(7)54(30-41-18-10-9-11-19-41)70(107)86-49(29-39(3)4)66(103)81-46(23-15-27-74)64(101)82-47(25-26-58(96)97)65(102)85-51(33-55(76)93)68(105)84-50(31-42-34-78-45-22-13-12-21-44(42)45)67(104)83-48(24-16-28-75)72(109)90(8)60(40(5)6)73(110)111-43/h9-13,18-19,21-22,34,38-40,43,46-54,59-61,78,91-92,98H,14-17,20,23-33,35-37,74-75H2,1-8H3,(H2,76,93)(H2,77,99)(H,79,100)(H,80,94)(H,81,103)(H,82,101)(H,83,104)(H,84,105)(H,85,102)(H,86,107)(H,87,108)(H,88,106)(H,96,97). The minimum atomic E-state index is -2.59. The van der Waals surface area contributed by atoms with E-state index < -0.39 is 225 Å². The van der Waals surface area contributed by atoms with Crippen molar-refractivity contribution in [1.82, 2.24) is 68.0 Å². The minimum Gasteiger partial charge on any atom is -0.481 e. The van der Waals surface area contributed by atoms with Crippen LogP contribution in [0.4, 0.5) is 0 Å². The number of para-hydroxylation sites is 1. The van der Waals surface area contributed by atoms with Gasteiger partial charge in [0.15, 0.2) is 6.10 Å². The lowest BCUT2D eigenvalue weighted by atomic mass is 9.99. The van der Waals surface area contributed by atoms with Crippen molar-refractivity contribution in [2.75, 3.05) is 46.9 Å². The predicted octanol–water partition coefficient (Wildman–Crippen LogP) is -5.02. The number of nitrogens with one attached hydrogen (secondary N) is 11. The van der Waals surface area contributed by atoms with Crippen LogP contribution in [0, 0.1) is 17.8 Å². The highest BCUT2D eigenvalue weighted by atomic mass is 16.5. The Morgan fingerprint density at radius 1 is 0.559 bits per heavy atom. The number of ether oxygens (including phenoxy) is 1. The highest BCUT2D eigenvalue weighted by Gasteiger charge is 2.42. The molecule has 2 aromatic carbocycles. The van der Waals surface area contributed by atoms with E-state index in [9.17, 15) is 92.3 Å². The molecule has 111 heavy (non-hydrogen) atoms. The number of aromatic nitrogens is 1. The van der Waals surface area contributed by atoms with Crippen molar-refractivity contribution >= 4 is 106 Å². The number of benzene rings is 2. The highest BCUT2D eigenvalue weighted by Crippen LogP contribution is 2.23. The number of carbonyl (C=O) groups is 16. The van der Waals surface area contributed by atoms with E-state index in [1.807, 2.05) is 24.5 Å². The number of esters is 1. The Kier molecular flexibility index (Phi) is 38.5. The van der Waals surface area contributed by atoms with Crippen LogP contribution >= 0.6 is 0 Å². The zero-order valence-corrected chi connectivity index (χ0v) is 63.9. The van der Waals surface area contributed by atoms with Gasteiger partial charge in [-0.05, 0) is 99.4 Å². The Labute approximate surface area is 642 Å². The molecular weight excluding hydrogens is 1450 g/mol. The third-order valence-electron chi connectivity index (χ3n) is 18.4. The van der Waals surface area contributed by atoms with Crippen LogP contribution < -0.4 is 76.1 Å². The van der Waals surface area contributed by atoms with E-state index in [0.29, 0.717) is 34.9 Å². The van der Waals surface area contributed by atoms with Crippen molar-refractivity contribution in [3.05, 3.63) is 71.9 Å². The van der Waals surface area contributed by atoms with Crippen molar-refractivity contribution in [2.45, 2.75) is 210 Å². The number of aromatic amines is 1. The van der Waals surface area contributed by atoms with E-state index in [2.05, 4.69) is 47.5 Å². The summed E-state index contributed by atoms with van der Waals surface area (Å²) in [6, 6.07) is -4.44. The first-order valence-electron chi connectivity index (χ1n) is 36.9. The number of cyclic esters (lactones) is 1. The predicted molar refractivity (Wildman–Crippen MR) is 400 cm³/mol. The number of H-pyrrole nitrogens is 1. The number of nitrogens with two attached hydrogens (primary N) is 4. The van der Waals surface area contributed by atoms with E-state index in [1.54, 1.807) is 88.5 Å². The number of carboxylic acids is 1. The van der Waals surface area contributed by atoms with Crippen LogP contribution in [-0.2, 0) is 94.3 Å². The minimum absolute atomic E-state index is 0.0136. The summed E-state index contributed by atoms with van der Waals surface area (Å²) < 4.78 is 6.01. The summed E-state index contributed by atoms with van der Waals surface area (Å²) in [6.07, 6.45) is -5.48. The highest BCUT2D eigenvalue weighted by molar-refractivity contribution is 6.01. The van der Waals surface area contributed by atoms with Gasteiger partial charge in [0, 0.05) is 50.5 Å². The molecule has 14 amide bonds. The molecule has 13 unspecified atom stereocenters. The van der Waals surface area contributed by atoms with Crippen LogP contribution in [-0.4, -0.2) is 255 Å². The van der Waals surface area contributed by atoms with Crippen LogP contribution in [0.3, 0.4) is 0 Å². The average Bonchev–Trinajstić information content (AvgIpc) is 1.77. The molecule has 0 radical (unpaired) electrons. The normalized spacial score (nSPS) is 24.2. The quantitative estimate of drug-likeness (QED) is 0.0335. The zero-order chi connectivity index (χ0) is 82.9. The number of aliphatic hydroxyl groups is 3. The monoisotopic (exact) mass is 1560 g/mol. The van der Waals surface area contributed by atoms with Gasteiger partial charge in [-0.2, -0.15) is 0 Å². The Balaban J connectivity index is 1.92. The summed E-state index contributed by atoms with van der Waals surface area (Å²) >= 11 is 0. The van der Waals surface area contributed by atoms with Gasteiger partial charge in [-0.3, -0.25) is 71.9 Å². The first-order valence-corrected chi connectivity index (χ1v) is 36.9. The fourth-order valence-electron chi connectivity index (χ4n) is 12.3. The molecule has 38 nitrogen and oxygen atoms in total. The second kappa shape index (κ2) is 46.1. The Morgan fingerprint density at radius 2 is 1.08 bits per heavy atom. The van der Waals surface area contributed by atoms with Crippen LogP contribution in [0.2, 0.25) is 0 Å². The summed E-state index contributed by atoms with van der Waals surface area (Å²) in [5, 5.41) is 66.0. The number of aliphatic carboxylic acids is 1. The maximum Gasteiger partial charge on any atom is 0.329 e. The van der Waals surface area contributed by atoms with Crippen molar-refractivity contribution < 1.29 is 102 Å². The lowest BCUT2D eigenvalue weighted by molar-refractivity contribution is -0.162. The lowest BCUT2D eigenvalue weighted by Crippen LogP contribution is -2.63. The molecule has 614 valence electrons. The Bertz CT molecular complexity index is 3710. The number of rotatable bonds is 26. The third-order valence-corrected chi connectivity index (χ3v) is 18.4. The van der Waals surface area contributed by atoms with Crippen LogP contribution in [0.1, 0.15) is 130 Å². The molecule has 1 aliphatic heterocycles. The molecule has 3 aromatic rings. The fourth-order valence-corrected chi connectivity index (χ4v) is 12.3. The number of hydrogen-bond donors (Lipinski definition) is 19.